The standard InChI is InChI=1S/C13H20N2/c1-9-12(13(14)7-2-3-8-13)10-5-4-6-11(10)15-9/h15H,2-8,14H2,1H3. The van der Waals surface area contributed by atoms with Crippen LogP contribution >= 0.6 is 0 Å². The van der Waals surface area contributed by atoms with Crippen LogP contribution < -0.4 is 5.73 Å². The Balaban J connectivity index is 2.10. The number of hydrogen-bond donors (Lipinski definition) is 2. The number of hydrogen-bond acceptors (Lipinski definition) is 1. The lowest BCUT2D eigenvalue weighted by Crippen LogP contribution is -2.34. The third-order valence-corrected chi connectivity index (χ3v) is 4.23. The highest BCUT2D eigenvalue weighted by Gasteiger charge is 2.37. The SMILES string of the molecule is Cc1[nH]c2c(c1C1(N)CCCC1)CCC2. The fourth-order valence-corrected chi connectivity index (χ4v) is 3.60. The third kappa shape index (κ3) is 1.27. The number of aromatic amines is 1. The van der Waals surface area contributed by atoms with Crippen molar-refractivity contribution >= 4 is 0 Å². The van der Waals surface area contributed by atoms with Crippen LogP contribution in [0, 0.1) is 6.92 Å². The minimum Gasteiger partial charge on any atom is -0.362 e. The van der Waals surface area contributed by atoms with E-state index in [1.165, 1.54) is 61.9 Å². The van der Waals surface area contributed by atoms with Crippen molar-refractivity contribution in [1.82, 2.24) is 4.98 Å². The van der Waals surface area contributed by atoms with E-state index in [1.807, 2.05) is 0 Å². The number of nitrogens with one attached hydrogen (secondary N) is 1. The molecule has 0 aliphatic heterocycles. The molecule has 2 heteroatoms. The van der Waals surface area contributed by atoms with Crippen LogP contribution in [0.1, 0.15) is 54.6 Å². The second-order valence-electron chi connectivity index (χ2n) is 5.30. The molecule has 82 valence electrons. The van der Waals surface area contributed by atoms with E-state index >= 15 is 0 Å². The Labute approximate surface area is 91.3 Å². The van der Waals surface area contributed by atoms with Crippen molar-refractivity contribution in [3.05, 3.63) is 22.5 Å². The fraction of sp³-hybridized carbons (Fsp3) is 0.692. The van der Waals surface area contributed by atoms with E-state index in [1.54, 1.807) is 5.56 Å². The molecule has 2 nitrogen and oxygen atoms in total. The average Bonchev–Trinajstić information content (AvgIpc) is 2.80. The summed E-state index contributed by atoms with van der Waals surface area (Å²) in [5.74, 6) is 0. The van der Waals surface area contributed by atoms with E-state index in [2.05, 4.69) is 11.9 Å². The number of H-pyrrole nitrogens is 1. The highest BCUT2D eigenvalue weighted by molar-refractivity contribution is 5.44. The van der Waals surface area contributed by atoms with Crippen LogP contribution in [0.15, 0.2) is 0 Å². The molecule has 1 saturated carbocycles. The van der Waals surface area contributed by atoms with Gasteiger partial charge in [-0.1, -0.05) is 12.8 Å². The van der Waals surface area contributed by atoms with E-state index in [0.29, 0.717) is 0 Å². The van der Waals surface area contributed by atoms with Crippen molar-refractivity contribution in [2.75, 3.05) is 0 Å². The van der Waals surface area contributed by atoms with Gasteiger partial charge in [0, 0.05) is 16.9 Å². The van der Waals surface area contributed by atoms with E-state index in [4.69, 9.17) is 5.73 Å². The number of rotatable bonds is 1. The average molecular weight is 204 g/mol. The first-order chi connectivity index (χ1) is 7.21. The lowest BCUT2D eigenvalue weighted by Gasteiger charge is -2.25. The normalized spacial score (nSPS) is 23.3. The van der Waals surface area contributed by atoms with Crippen LogP contribution in [0.4, 0.5) is 0 Å². The van der Waals surface area contributed by atoms with Gasteiger partial charge in [-0.25, -0.2) is 0 Å². The minimum atomic E-state index is -0.00148. The maximum Gasteiger partial charge on any atom is 0.0430 e. The summed E-state index contributed by atoms with van der Waals surface area (Å²) >= 11 is 0. The lowest BCUT2D eigenvalue weighted by molar-refractivity contribution is 0.456. The van der Waals surface area contributed by atoms with Gasteiger partial charge in [0.15, 0.2) is 0 Å². The molecule has 0 atom stereocenters. The summed E-state index contributed by atoms with van der Waals surface area (Å²) in [6.45, 7) is 2.20. The summed E-state index contributed by atoms with van der Waals surface area (Å²) in [6, 6.07) is 0. The molecule has 0 unspecified atom stereocenters. The first-order valence-corrected chi connectivity index (χ1v) is 6.20. The number of aromatic nitrogens is 1. The van der Waals surface area contributed by atoms with Gasteiger partial charge in [-0.15, -0.1) is 0 Å². The van der Waals surface area contributed by atoms with Gasteiger partial charge in [0.25, 0.3) is 0 Å². The lowest BCUT2D eigenvalue weighted by atomic mass is 9.86. The zero-order valence-corrected chi connectivity index (χ0v) is 9.53. The predicted molar refractivity (Wildman–Crippen MR) is 61.9 cm³/mol. The smallest absolute Gasteiger partial charge is 0.0430 e. The minimum absolute atomic E-state index is 0.00148. The largest absolute Gasteiger partial charge is 0.362 e. The second kappa shape index (κ2) is 3.11. The van der Waals surface area contributed by atoms with Crippen LogP contribution in [0.25, 0.3) is 0 Å². The molecule has 3 rings (SSSR count). The van der Waals surface area contributed by atoms with Crippen molar-refractivity contribution in [1.29, 1.82) is 0 Å². The van der Waals surface area contributed by atoms with Gasteiger partial charge >= 0.3 is 0 Å². The molecule has 0 spiro atoms. The molecule has 2 aliphatic carbocycles. The quantitative estimate of drug-likeness (QED) is 0.725. The van der Waals surface area contributed by atoms with E-state index in [0.717, 1.165) is 0 Å². The zero-order chi connectivity index (χ0) is 10.5. The monoisotopic (exact) mass is 204 g/mol. The number of aryl methyl sites for hydroxylation is 2. The molecular formula is C13H20N2. The van der Waals surface area contributed by atoms with Crippen LogP contribution in [-0.4, -0.2) is 4.98 Å². The Bertz CT molecular complexity index is 383. The Kier molecular flexibility index (Phi) is 1.96. The number of fused-ring (bicyclic) bond motifs is 1. The highest BCUT2D eigenvalue weighted by Crippen LogP contribution is 2.42. The van der Waals surface area contributed by atoms with E-state index in [9.17, 15) is 0 Å². The molecule has 1 heterocycles. The molecule has 0 radical (unpaired) electrons. The Morgan fingerprint density at radius 1 is 1.13 bits per heavy atom. The van der Waals surface area contributed by atoms with E-state index < -0.39 is 0 Å². The maximum atomic E-state index is 6.58. The van der Waals surface area contributed by atoms with Gasteiger partial charge in [0.1, 0.15) is 0 Å². The van der Waals surface area contributed by atoms with Crippen LogP contribution in [-0.2, 0) is 18.4 Å². The summed E-state index contributed by atoms with van der Waals surface area (Å²) in [7, 11) is 0. The summed E-state index contributed by atoms with van der Waals surface area (Å²) in [5.41, 5.74) is 12.4. The summed E-state index contributed by atoms with van der Waals surface area (Å²) in [4.78, 5) is 3.55. The zero-order valence-electron chi connectivity index (χ0n) is 9.53. The second-order valence-corrected chi connectivity index (χ2v) is 5.30. The fourth-order valence-electron chi connectivity index (χ4n) is 3.60. The van der Waals surface area contributed by atoms with Gasteiger partial charge in [-0.3, -0.25) is 0 Å². The van der Waals surface area contributed by atoms with Gasteiger partial charge < -0.3 is 10.7 Å². The molecule has 15 heavy (non-hydrogen) atoms. The molecule has 1 fully saturated rings. The van der Waals surface area contributed by atoms with Crippen molar-refractivity contribution in [3.8, 4) is 0 Å². The third-order valence-electron chi connectivity index (χ3n) is 4.23. The summed E-state index contributed by atoms with van der Waals surface area (Å²) < 4.78 is 0. The maximum absolute atomic E-state index is 6.58. The van der Waals surface area contributed by atoms with Gasteiger partial charge in [0.2, 0.25) is 0 Å². The van der Waals surface area contributed by atoms with Crippen molar-refractivity contribution in [2.45, 2.75) is 57.4 Å². The van der Waals surface area contributed by atoms with E-state index in [-0.39, 0.29) is 5.54 Å². The Morgan fingerprint density at radius 3 is 2.60 bits per heavy atom. The topological polar surface area (TPSA) is 41.8 Å². The Hall–Kier alpha value is -0.760. The van der Waals surface area contributed by atoms with Gasteiger partial charge in [-0.05, 0) is 50.2 Å². The molecule has 0 saturated heterocycles. The first-order valence-electron chi connectivity index (χ1n) is 6.20. The molecule has 3 N–H and O–H groups in total. The van der Waals surface area contributed by atoms with Gasteiger partial charge in [0.05, 0.1) is 0 Å². The van der Waals surface area contributed by atoms with Crippen molar-refractivity contribution in [3.63, 3.8) is 0 Å². The highest BCUT2D eigenvalue weighted by atomic mass is 14.8. The molecular weight excluding hydrogens is 184 g/mol. The van der Waals surface area contributed by atoms with Crippen LogP contribution in [0.2, 0.25) is 0 Å². The predicted octanol–water partition coefficient (Wildman–Crippen LogP) is 2.54. The van der Waals surface area contributed by atoms with Crippen LogP contribution in [0.3, 0.4) is 0 Å². The first kappa shape index (κ1) is 9.46. The molecule has 2 aliphatic rings. The molecule has 0 aromatic carbocycles. The van der Waals surface area contributed by atoms with Crippen molar-refractivity contribution in [2.24, 2.45) is 5.73 Å². The van der Waals surface area contributed by atoms with Gasteiger partial charge in [-0.2, -0.15) is 0 Å². The van der Waals surface area contributed by atoms with Crippen LogP contribution in [0.5, 0.6) is 0 Å². The van der Waals surface area contributed by atoms with Crippen molar-refractivity contribution < 1.29 is 0 Å². The molecule has 0 bridgehead atoms. The summed E-state index contributed by atoms with van der Waals surface area (Å²) in [6.07, 6.45) is 8.74. The molecule has 1 aromatic rings. The Morgan fingerprint density at radius 2 is 1.87 bits per heavy atom. The summed E-state index contributed by atoms with van der Waals surface area (Å²) in [5, 5.41) is 0. The number of nitrogens with two attached hydrogens (primary N) is 1. The molecule has 1 aromatic heterocycles. The molecule has 0 amide bonds.